The molecule has 0 aromatic heterocycles. The van der Waals surface area contributed by atoms with Gasteiger partial charge in [0.15, 0.2) is 5.60 Å². The van der Waals surface area contributed by atoms with Crippen molar-refractivity contribution in [1.29, 1.82) is 0 Å². The summed E-state index contributed by atoms with van der Waals surface area (Å²) in [5, 5.41) is 10.1. The molecule has 0 unspecified atom stereocenters. The van der Waals surface area contributed by atoms with Crippen LogP contribution in [0.25, 0.3) is 0 Å². The van der Waals surface area contributed by atoms with E-state index >= 15 is 0 Å². The van der Waals surface area contributed by atoms with Gasteiger partial charge in [0, 0.05) is 5.02 Å². The maximum atomic E-state index is 12.2. The number of para-hydroxylation sites is 1. The van der Waals surface area contributed by atoms with Gasteiger partial charge in [-0.2, -0.15) is 0 Å². The molecular formula is C19H19ClO6. The van der Waals surface area contributed by atoms with Crippen molar-refractivity contribution in [3.63, 3.8) is 0 Å². The smallest absolute Gasteiger partial charge is 0.350 e. The van der Waals surface area contributed by atoms with E-state index < -0.39 is 17.5 Å². The highest BCUT2D eigenvalue weighted by Crippen LogP contribution is 2.22. The second-order valence-electron chi connectivity index (χ2n) is 5.86. The Balaban J connectivity index is 1.79. The predicted molar refractivity (Wildman–Crippen MR) is 95.5 cm³/mol. The number of ether oxygens (including phenoxy) is 3. The van der Waals surface area contributed by atoms with Crippen LogP contribution in [0.4, 0.5) is 0 Å². The number of aromatic hydroxyl groups is 1. The molecule has 2 rings (SSSR count). The first kappa shape index (κ1) is 19.6. The number of phenolic OH excluding ortho intramolecular Hbond substituents is 1. The SMILES string of the molecule is CC(C)(Oc1ccc(Cl)cc1)C(=O)OCCOC(=O)c1ccccc1O. The highest BCUT2D eigenvalue weighted by molar-refractivity contribution is 6.30. The molecule has 2 aromatic rings. The molecule has 0 fully saturated rings. The van der Waals surface area contributed by atoms with Gasteiger partial charge in [0.1, 0.15) is 30.3 Å². The van der Waals surface area contributed by atoms with Crippen molar-refractivity contribution >= 4 is 23.5 Å². The van der Waals surface area contributed by atoms with Crippen molar-refractivity contribution in [2.45, 2.75) is 19.4 Å². The number of phenols is 1. The Labute approximate surface area is 156 Å². The Morgan fingerprint density at radius 1 is 1.00 bits per heavy atom. The number of rotatable bonds is 7. The fraction of sp³-hybridized carbons (Fsp3) is 0.263. The predicted octanol–water partition coefficient (Wildman–Crippen LogP) is 3.60. The molecule has 0 saturated heterocycles. The van der Waals surface area contributed by atoms with Crippen molar-refractivity contribution in [2.75, 3.05) is 13.2 Å². The van der Waals surface area contributed by atoms with Crippen molar-refractivity contribution < 1.29 is 28.9 Å². The molecule has 138 valence electrons. The van der Waals surface area contributed by atoms with Gasteiger partial charge >= 0.3 is 11.9 Å². The molecule has 6 nitrogen and oxygen atoms in total. The summed E-state index contributed by atoms with van der Waals surface area (Å²) in [4.78, 5) is 24.0. The Kier molecular flexibility index (Phi) is 6.46. The Hall–Kier alpha value is -2.73. The lowest BCUT2D eigenvalue weighted by Gasteiger charge is -2.24. The molecule has 7 heteroatoms. The number of hydrogen-bond donors (Lipinski definition) is 1. The minimum absolute atomic E-state index is 0.0465. The highest BCUT2D eigenvalue weighted by Gasteiger charge is 2.32. The standard InChI is InChI=1S/C19H19ClO6/c1-19(2,26-14-9-7-13(20)8-10-14)18(23)25-12-11-24-17(22)15-5-3-4-6-16(15)21/h3-10,21H,11-12H2,1-2H3. The number of benzene rings is 2. The first-order chi connectivity index (χ1) is 12.3. The van der Waals surface area contributed by atoms with Crippen LogP contribution in [0.5, 0.6) is 11.5 Å². The molecule has 0 radical (unpaired) electrons. The number of carbonyl (C=O) groups excluding carboxylic acids is 2. The van der Waals surface area contributed by atoms with E-state index in [9.17, 15) is 14.7 Å². The van der Waals surface area contributed by atoms with Crippen LogP contribution in [-0.2, 0) is 14.3 Å². The zero-order chi connectivity index (χ0) is 19.2. The largest absolute Gasteiger partial charge is 0.507 e. The molecule has 0 heterocycles. The van der Waals surface area contributed by atoms with Crippen LogP contribution in [0.3, 0.4) is 0 Å². The van der Waals surface area contributed by atoms with Gasteiger partial charge in [-0.05, 0) is 50.2 Å². The van der Waals surface area contributed by atoms with E-state index in [1.54, 1.807) is 50.2 Å². The van der Waals surface area contributed by atoms with Crippen LogP contribution in [0, 0.1) is 0 Å². The van der Waals surface area contributed by atoms with E-state index in [-0.39, 0.29) is 24.5 Å². The zero-order valence-electron chi connectivity index (χ0n) is 14.4. The molecule has 2 aromatic carbocycles. The van der Waals surface area contributed by atoms with Gasteiger partial charge in [-0.15, -0.1) is 0 Å². The minimum Gasteiger partial charge on any atom is -0.507 e. The Bertz CT molecular complexity index is 770. The Morgan fingerprint density at radius 3 is 2.27 bits per heavy atom. The average Bonchev–Trinajstić information content (AvgIpc) is 2.60. The summed E-state index contributed by atoms with van der Waals surface area (Å²) in [5.74, 6) is -1.00. The number of halogens is 1. The summed E-state index contributed by atoms with van der Waals surface area (Å²) in [6.45, 7) is 2.86. The van der Waals surface area contributed by atoms with Gasteiger partial charge in [0.05, 0.1) is 0 Å². The monoisotopic (exact) mass is 378 g/mol. The number of hydrogen-bond acceptors (Lipinski definition) is 6. The normalized spacial score (nSPS) is 10.9. The van der Waals surface area contributed by atoms with Crippen LogP contribution >= 0.6 is 11.6 Å². The lowest BCUT2D eigenvalue weighted by Crippen LogP contribution is -2.40. The lowest BCUT2D eigenvalue weighted by atomic mass is 10.1. The second-order valence-corrected chi connectivity index (χ2v) is 6.29. The molecule has 0 amide bonds. The molecule has 26 heavy (non-hydrogen) atoms. The topological polar surface area (TPSA) is 82.1 Å². The fourth-order valence-electron chi connectivity index (χ4n) is 2.01. The molecule has 0 aliphatic rings. The summed E-state index contributed by atoms with van der Waals surface area (Å²) in [7, 11) is 0. The molecular weight excluding hydrogens is 360 g/mol. The van der Waals surface area contributed by atoms with E-state index in [1.807, 2.05) is 0 Å². The third-order valence-corrected chi connectivity index (χ3v) is 3.60. The first-order valence-corrected chi connectivity index (χ1v) is 8.24. The summed E-state index contributed by atoms with van der Waals surface area (Å²) < 4.78 is 15.7. The quantitative estimate of drug-likeness (QED) is 0.585. The van der Waals surface area contributed by atoms with E-state index in [4.69, 9.17) is 25.8 Å². The molecule has 0 aliphatic heterocycles. The molecule has 0 atom stereocenters. The van der Waals surface area contributed by atoms with Gasteiger partial charge in [0.25, 0.3) is 0 Å². The summed E-state index contributed by atoms with van der Waals surface area (Å²) in [5.41, 5.74) is -1.18. The first-order valence-electron chi connectivity index (χ1n) is 7.86. The van der Waals surface area contributed by atoms with E-state index in [2.05, 4.69) is 0 Å². The van der Waals surface area contributed by atoms with Crippen molar-refractivity contribution in [2.24, 2.45) is 0 Å². The van der Waals surface area contributed by atoms with Crippen LogP contribution in [0.2, 0.25) is 5.02 Å². The van der Waals surface area contributed by atoms with Crippen molar-refractivity contribution in [3.05, 3.63) is 59.1 Å². The van der Waals surface area contributed by atoms with E-state index in [0.717, 1.165) is 0 Å². The van der Waals surface area contributed by atoms with E-state index in [1.165, 1.54) is 12.1 Å². The van der Waals surface area contributed by atoms with Gasteiger partial charge in [-0.3, -0.25) is 0 Å². The van der Waals surface area contributed by atoms with Crippen LogP contribution < -0.4 is 4.74 Å². The third kappa shape index (κ3) is 5.39. The van der Waals surface area contributed by atoms with Gasteiger partial charge in [-0.25, -0.2) is 9.59 Å². The zero-order valence-corrected chi connectivity index (χ0v) is 15.2. The molecule has 0 saturated carbocycles. The average molecular weight is 379 g/mol. The number of esters is 2. The summed E-state index contributed by atoms with van der Waals surface area (Å²) in [6, 6.07) is 12.6. The van der Waals surface area contributed by atoms with Crippen LogP contribution in [0.15, 0.2) is 48.5 Å². The van der Waals surface area contributed by atoms with E-state index in [0.29, 0.717) is 10.8 Å². The second kappa shape index (κ2) is 8.58. The molecule has 0 bridgehead atoms. The molecule has 0 spiro atoms. The van der Waals surface area contributed by atoms with Crippen LogP contribution in [0.1, 0.15) is 24.2 Å². The van der Waals surface area contributed by atoms with Gasteiger partial charge in [-0.1, -0.05) is 23.7 Å². The Morgan fingerprint density at radius 2 is 1.62 bits per heavy atom. The third-order valence-electron chi connectivity index (χ3n) is 3.35. The van der Waals surface area contributed by atoms with Crippen LogP contribution in [-0.4, -0.2) is 35.9 Å². The van der Waals surface area contributed by atoms with Crippen molar-refractivity contribution in [3.8, 4) is 11.5 Å². The maximum Gasteiger partial charge on any atom is 0.350 e. The maximum absolute atomic E-state index is 12.2. The fourth-order valence-corrected chi connectivity index (χ4v) is 2.13. The molecule has 1 N–H and O–H groups in total. The number of carbonyl (C=O) groups is 2. The van der Waals surface area contributed by atoms with Crippen molar-refractivity contribution in [1.82, 2.24) is 0 Å². The lowest BCUT2D eigenvalue weighted by molar-refractivity contribution is -0.160. The van der Waals surface area contributed by atoms with Gasteiger partial charge in [0.2, 0.25) is 0 Å². The summed E-state index contributed by atoms with van der Waals surface area (Å²) in [6.07, 6.45) is 0. The highest BCUT2D eigenvalue weighted by atomic mass is 35.5. The van der Waals surface area contributed by atoms with Gasteiger partial charge < -0.3 is 19.3 Å². The molecule has 0 aliphatic carbocycles. The minimum atomic E-state index is -1.23. The summed E-state index contributed by atoms with van der Waals surface area (Å²) >= 11 is 5.81.